The number of hydrogen-bond donors (Lipinski definition) is 1. The van der Waals surface area contributed by atoms with Crippen molar-refractivity contribution >= 4 is 6.08 Å². The smallest absolute Gasteiger partial charge is 0.161 e. The maximum absolute atomic E-state index is 9.25. The second kappa shape index (κ2) is 13.0. The zero-order valence-electron chi connectivity index (χ0n) is 13.2. The van der Waals surface area contributed by atoms with Crippen molar-refractivity contribution < 1.29 is 14.6 Å². The second-order valence-electron chi connectivity index (χ2n) is 4.57. The first-order valence-corrected chi connectivity index (χ1v) is 6.32. The average Bonchev–Trinajstić information content (AvgIpc) is 2.32. The van der Waals surface area contributed by atoms with Crippen LogP contribution >= 0.6 is 0 Å². The molecule has 3 nitrogen and oxygen atoms in total. The number of hydrogen-bond acceptors (Lipinski definition) is 3. The lowest BCUT2D eigenvalue weighted by Crippen LogP contribution is -1.83. The molecule has 3 heteroatoms. The van der Waals surface area contributed by atoms with Gasteiger partial charge >= 0.3 is 0 Å². The highest BCUT2D eigenvalue weighted by Crippen LogP contribution is 2.26. The first kappa shape index (κ1) is 19.9. The predicted molar refractivity (Wildman–Crippen MR) is 82.8 cm³/mol. The average molecular weight is 268 g/mol. The van der Waals surface area contributed by atoms with Gasteiger partial charge < -0.3 is 14.6 Å². The summed E-state index contributed by atoms with van der Waals surface area (Å²) in [7, 11) is 4.79. The lowest BCUT2D eigenvalue weighted by Gasteiger charge is -2.03. The summed E-state index contributed by atoms with van der Waals surface area (Å²) in [5, 5.41) is 9.25. The second-order valence-corrected chi connectivity index (χ2v) is 4.57. The van der Waals surface area contributed by atoms with Crippen LogP contribution in [-0.2, 0) is 4.74 Å². The molecule has 0 amide bonds. The first-order chi connectivity index (χ1) is 8.92. The molecule has 1 rings (SSSR count). The summed E-state index contributed by atoms with van der Waals surface area (Å²) in [4.78, 5) is 0. The number of rotatable bonds is 2. The van der Waals surface area contributed by atoms with Crippen LogP contribution in [0.2, 0.25) is 0 Å². The van der Waals surface area contributed by atoms with E-state index in [0.29, 0.717) is 5.75 Å². The molecule has 1 aromatic carbocycles. The summed E-state index contributed by atoms with van der Waals surface area (Å²) in [6, 6.07) is 5.24. The molecule has 0 bridgehead atoms. The third kappa shape index (κ3) is 12.8. The van der Waals surface area contributed by atoms with Crippen LogP contribution < -0.4 is 4.74 Å². The Hall–Kier alpha value is -1.48. The minimum absolute atomic E-state index is 0.172. The van der Waals surface area contributed by atoms with Gasteiger partial charge in [0.15, 0.2) is 11.5 Å². The van der Waals surface area contributed by atoms with Crippen molar-refractivity contribution in [2.24, 2.45) is 5.92 Å². The van der Waals surface area contributed by atoms with Crippen molar-refractivity contribution in [1.82, 2.24) is 0 Å². The molecule has 0 fully saturated rings. The minimum atomic E-state index is 0.172. The van der Waals surface area contributed by atoms with Gasteiger partial charge in [-0.3, -0.25) is 0 Å². The van der Waals surface area contributed by atoms with Crippen LogP contribution in [0.25, 0.3) is 6.08 Å². The standard InChI is InChI=1S/C10H12O2.C4H10.C2H6O/c1-3-4-8-5-6-9(11)10(7-8)12-2;1-4(2)3;1-3-2/h3-7,11H,1-2H3;4H,1-3H3;1-2H3/b4-3+;;. The number of aromatic hydroxyl groups is 1. The number of allylic oxidation sites excluding steroid dienone is 1. The molecule has 19 heavy (non-hydrogen) atoms. The van der Waals surface area contributed by atoms with Crippen molar-refractivity contribution in [2.45, 2.75) is 27.7 Å². The van der Waals surface area contributed by atoms with Crippen LogP contribution in [0.4, 0.5) is 0 Å². The highest BCUT2D eigenvalue weighted by molar-refractivity contribution is 5.55. The molecular formula is C16H28O3. The van der Waals surface area contributed by atoms with E-state index in [9.17, 15) is 5.11 Å². The van der Waals surface area contributed by atoms with Crippen molar-refractivity contribution in [1.29, 1.82) is 0 Å². The molecular weight excluding hydrogens is 240 g/mol. The zero-order valence-corrected chi connectivity index (χ0v) is 13.2. The van der Waals surface area contributed by atoms with Crippen LogP contribution in [0.5, 0.6) is 11.5 Å². The molecule has 0 aliphatic heterocycles. The van der Waals surface area contributed by atoms with Crippen molar-refractivity contribution in [3.05, 3.63) is 29.8 Å². The van der Waals surface area contributed by atoms with Gasteiger partial charge in [-0.25, -0.2) is 0 Å². The third-order valence-corrected chi connectivity index (χ3v) is 1.56. The molecule has 110 valence electrons. The van der Waals surface area contributed by atoms with E-state index in [1.807, 2.05) is 25.1 Å². The lowest BCUT2D eigenvalue weighted by molar-refractivity contribution is 0.277. The first-order valence-electron chi connectivity index (χ1n) is 6.32. The highest BCUT2D eigenvalue weighted by atomic mass is 16.5. The molecule has 0 saturated heterocycles. The Labute approximate surface area is 117 Å². The molecule has 0 aliphatic carbocycles. The van der Waals surface area contributed by atoms with E-state index in [-0.39, 0.29) is 5.75 Å². The quantitative estimate of drug-likeness (QED) is 0.866. The SMILES string of the molecule is C/C=C/c1ccc(O)c(OC)c1.CC(C)C.COC. The number of phenols is 1. The highest BCUT2D eigenvalue weighted by Gasteiger charge is 1.99. The predicted octanol–water partition coefficient (Wildman–Crippen LogP) is 4.36. The van der Waals surface area contributed by atoms with Gasteiger partial charge in [0.05, 0.1) is 7.11 Å². The van der Waals surface area contributed by atoms with Crippen LogP contribution in [-0.4, -0.2) is 26.4 Å². The van der Waals surface area contributed by atoms with E-state index in [2.05, 4.69) is 25.5 Å². The molecule has 0 radical (unpaired) electrons. The van der Waals surface area contributed by atoms with Gasteiger partial charge in [-0.1, -0.05) is 39.0 Å². The van der Waals surface area contributed by atoms with Crippen LogP contribution in [0.3, 0.4) is 0 Å². The monoisotopic (exact) mass is 268 g/mol. The Balaban J connectivity index is 0. The Kier molecular flexibility index (Phi) is 13.5. The summed E-state index contributed by atoms with van der Waals surface area (Å²) in [5.41, 5.74) is 1.02. The zero-order chi connectivity index (χ0) is 15.3. The Bertz CT molecular complexity index is 341. The fourth-order valence-corrected chi connectivity index (χ4v) is 0.990. The minimum Gasteiger partial charge on any atom is -0.504 e. The largest absolute Gasteiger partial charge is 0.504 e. The molecule has 0 saturated carbocycles. The number of phenolic OH excluding ortho intramolecular Hbond substituents is 1. The van der Waals surface area contributed by atoms with Gasteiger partial charge in [0.1, 0.15) is 0 Å². The van der Waals surface area contributed by atoms with Gasteiger partial charge in [-0.2, -0.15) is 0 Å². The van der Waals surface area contributed by atoms with Crippen molar-refractivity contribution in [3.63, 3.8) is 0 Å². The van der Waals surface area contributed by atoms with Crippen molar-refractivity contribution in [3.8, 4) is 11.5 Å². The normalized spacial score (nSPS) is 9.47. The van der Waals surface area contributed by atoms with E-state index in [1.54, 1.807) is 26.4 Å². The number of benzene rings is 1. The molecule has 0 heterocycles. The fourth-order valence-electron chi connectivity index (χ4n) is 0.990. The molecule has 0 atom stereocenters. The van der Waals surface area contributed by atoms with Crippen LogP contribution in [0, 0.1) is 5.92 Å². The van der Waals surface area contributed by atoms with E-state index < -0.39 is 0 Å². The summed E-state index contributed by atoms with van der Waals surface area (Å²) < 4.78 is 9.20. The Morgan fingerprint density at radius 2 is 1.58 bits per heavy atom. The maximum atomic E-state index is 9.25. The Morgan fingerprint density at radius 1 is 1.11 bits per heavy atom. The third-order valence-electron chi connectivity index (χ3n) is 1.56. The Morgan fingerprint density at radius 3 is 1.95 bits per heavy atom. The summed E-state index contributed by atoms with van der Waals surface area (Å²) in [6.07, 6.45) is 3.88. The number of methoxy groups -OCH3 is 2. The van der Waals surface area contributed by atoms with Crippen LogP contribution in [0.1, 0.15) is 33.3 Å². The topological polar surface area (TPSA) is 38.7 Å². The maximum Gasteiger partial charge on any atom is 0.161 e. The van der Waals surface area contributed by atoms with Gasteiger partial charge in [-0.15, -0.1) is 0 Å². The molecule has 1 N–H and O–H groups in total. The van der Waals surface area contributed by atoms with Gasteiger partial charge in [0.25, 0.3) is 0 Å². The van der Waals surface area contributed by atoms with E-state index in [4.69, 9.17) is 4.74 Å². The van der Waals surface area contributed by atoms with Gasteiger partial charge in [0.2, 0.25) is 0 Å². The number of ether oxygens (including phenoxy) is 2. The fraction of sp³-hybridized carbons (Fsp3) is 0.500. The summed E-state index contributed by atoms with van der Waals surface area (Å²) in [6.45, 7) is 8.44. The lowest BCUT2D eigenvalue weighted by atomic mass is 10.2. The molecule has 0 unspecified atom stereocenters. The van der Waals surface area contributed by atoms with Crippen molar-refractivity contribution in [2.75, 3.05) is 21.3 Å². The molecule has 1 aromatic rings. The summed E-state index contributed by atoms with van der Waals surface area (Å²) >= 11 is 0. The van der Waals surface area contributed by atoms with Crippen LogP contribution in [0.15, 0.2) is 24.3 Å². The summed E-state index contributed by atoms with van der Waals surface area (Å²) in [5.74, 6) is 1.51. The van der Waals surface area contributed by atoms with E-state index in [0.717, 1.165) is 11.5 Å². The molecule has 0 aromatic heterocycles. The van der Waals surface area contributed by atoms with Gasteiger partial charge in [0, 0.05) is 14.2 Å². The van der Waals surface area contributed by atoms with Gasteiger partial charge in [-0.05, 0) is 30.5 Å². The molecule has 0 aliphatic rings. The van der Waals surface area contributed by atoms with E-state index >= 15 is 0 Å². The molecule has 0 spiro atoms. The van der Waals surface area contributed by atoms with E-state index in [1.165, 1.54) is 7.11 Å².